The van der Waals surface area contributed by atoms with Crippen molar-refractivity contribution in [2.24, 2.45) is 0 Å². The van der Waals surface area contributed by atoms with E-state index in [0.29, 0.717) is 0 Å². The molecular formula is C5H8O3Rh. The fourth-order valence-corrected chi connectivity index (χ4v) is 0.334. The Morgan fingerprint density at radius 2 is 1.89 bits per heavy atom. The van der Waals surface area contributed by atoms with Gasteiger partial charge in [-0.1, -0.05) is 0 Å². The van der Waals surface area contributed by atoms with Crippen LogP contribution in [-0.4, -0.2) is 23.3 Å². The van der Waals surface area contributed by atoms with Gasteiger partial charge in [0.1, 0.15) is 12.4 Å². The maximum absolute atomic E-state index is 10.2. The van der Waals surface area contributed by atoms with Crippen LogP contribution in [0, 0.1) is 0 Å². The summed E-state index contributed by atoms with van der Waals surface area (Å²) in [6.45, 7) is 0.785. The SMILES string of the molecule is CC(=O)CC(=O)CO.[Rh]. The Kier molecular flexibility index (Phi) is 7.86. The van der Waals surface area contributed by atoms with Crippen LogP contribution in [0.4, 0.5) is 0 Å². The number of hydrogen-bond acceptors (Lipinski definition) is 3. The standard InChI is InChI=1S/C5H8O3.Rh/c1-4(7)2-5(8)3-6;/h6H,2-3H2,1H3;. The van der Waals surface area contributed by atoms with Crippen molar-refractivity contribution >= 4 is 11.6 Å². The number of carbonyl (C=O) groups is 2. The molecule has 0 fully saturated rings. The number of ketones is 2. The molecule has 0 rings (SSSR count). The van der Waals surface area contributed by atoms with Gasteiger partial charge in [-0.15, -0.1) is 0 Å². The van der Waals surface area contributed by atoms with Crippen LogP contribution < -0.4 is 0 Å². The molecule has 1 N–H and O–H groups in total. The van der Waals surface area contributed by atoms with Crippen molar-refractivity contribution in [1.29, 1.82) is 0 Å². The molecule has 0 unspecified atom stereocenters. The first-order valence-corrected chi connectivity index (χ1v) is 2.29. The van der Waals surface area contributed by atoms with Gasteiger partial charge in [0.25, 0.3) is 0 Å². The van der Waals surface area contributed by atoms with E-state index in [-0.39, 0.29) is 31.7 Å². The van der Waals surface area contributed by atoms with Crippen molar-refractivity contribution in [1.82, 2.24) is 0 Å². The summed E-state index contributed by atoms with van der Waals surface area (Å²) in [5, 5.41) is 8.08. The summed E-state index contributed by atoms with van der Waals surface area (Å²) in [5.41, 5.74) is 0. The molecule has 0 aromatic heterocycles. The topological polar surface area (TPSA) is 54.4 Å². The summed E-state index contributed by atoms with van der Waals surface area (Å²) in [6.07, 6.45) is -0.142. The maximum Gasteiger partial charge on any atom is 0.165 e. The molecule has 3 nitrogen and oxygen atoms in total. The molecule has 0 bridgehead atoms. The van der Waals surface area contributed by atoms with Gasteiger partial charge in [0.05, 0.1) is 6.42 Å². The molecule has 9 heavy (non-hydrogen) atoms. The van der Waals surface area contributed by atoms with Crippen molar-refractivity contribution in [2.75, 3.05) is 6.61 Å². The third-order valence-electron chi connectivity index (χ3n) is 0.622. The van der Waals surface area contributed by atoms with Gasteiger partial charge in [-0.05, 0) is 6.92 Å². The zero-order valence-corrected chi connectivity index (χ0v) is 6.65. The smallest absolute Gasteiger partial charge is 0.165 e. The summed E-state index contributed by atoms with van der Waals surface area (Å²) < 4.78 is 0. The minimum atomic E-state index is -0.528. The van der Waals surface area contributed by atoms with E-state index in [1.54, 1.807) is 0 Å². The molecule has 0 saturated heterocycles. The number of aliphatic hydroxyl groups is 1. The van der Waals surface area contributed by atoms with Gasteiger partial charge in [0.15, 0.2) is 5.78 Å². The van der Waals surface area contributed by atoms with Crippen LogP contribution in [0.25, 0.3) is 0 Å². The first kappa shape index (κ1) is 11.7. The molecule has 0 amide bonds. The number of aliphatic hydroxyl groups excluding tert-OH is 1. The second-order valence-corrected chi connectivity index (χ2v) is 1.58. The predicted octanol–water partition coefficient (Wildman–Crippen LogP) is -0.476. The normalized spacial score (nSPS) is 7.78. The van der Waals surface area contributed by atoms with E-state index >= 15 is 0 Å². The molecule has 0 saturated carbocycles. The van der Waals surface area contributed by atoms with Gasteiger partial charge in [0, 0.05) is 19.5 Å². The van der Waals surface area contributed by atoms with Gasteiger partial charge in [-0.3, -0.25) is 9.59 Å². The van der Waals surface area contributed by atoms with Crippen LogP contribution in [0.15, 0.2) is 0 Å². The average molecular weight is 219 g/mol. The van der Waals surface area contributed by atoms with E-state index in [9.17, 15) is 9.59 Å². The molecule has 0 aliphatic carbocycles. The Morgan fingerprint density at radius 3 is 2.00 bits per heavy atom. The average Bonchev–Trinajstić information content (AvgIpc) is 1.65. The summed E-state index contributed by atoms with van der Waals surface area (Å²) in [7, 11) is 0. The molecule has 1 radical (unpaired) electrons. The second-order valence-electron chi connectivity index (χ2n) is 1.58. The van der Waals surface area contributed by atoms with Crippen molar-refractivity contribution in [3.8, 4) is 0 Å². The molecule has 0 aromatic rings. The van der Waals surface area contributed by atoms with Gasteiger partial charge < -0.3 is 5.11 Å². The molecule has 0 heterocycles. The molecule has 0 aromatic carbocycles. The minimum absolute atomic E-state index is 0. The number of Topliss-reactive ketones (excluding diaryl/α,β-unsaturated/α-hetero) is 2. The fraction of sp³-hybridized carbons (Fsp3) is 0.600. The Morgan fingerprint density at radius 1 is 1.44 bits per heavy atom. The Labute approximate surface area is 66.2 Å². The van der Waals surface area contributed by atoms with Crippen LogP contribution in [0.1, 0.15) is 13.3 Å². The van der Waals surface area contributed by atoms with Crippen LogP contribution in [0.3, 0.4) is 0 Å². The minimum Gasteiger partial charge on any atom is -0.389 e. The third-order valence-corrected chi connectivity index (χ3v) is 0.622. The maximum atomic E-state index is 10.2. The molecule has 0 aliphatic heterocycles. The van der Waals surface area contributed by atoms with Crippen molar-refractivity contribution < 1.29 is 34.2 Å². The summed E-state index contributed by atoms with van der Waals surface area (Å²) in [6, 6.07) is 0. The van der Waals surface area contributed by atoms with Gasteiger partial charge >= 0.3 is 0 Å². The number of rotatable bonds is 3. The zero-order chi connectivity index (χ0) is 6.57. The van der Waals surface area contributed by atoms with E-state index in [4.69, 9.17) is 5.11 Å². The van der Waals surface area contributed by atoms with Crippen molar-refractivity contribution in [2.45, 2.75) is 13.3 Å². The number of carbonyl (C=O) groups excluding carboxylic acids is 2. The van der Waals surface area contributed by atoms with Crippen LogP contribution in [0.5, 0.6) is 0 Å². The molecule has 0 aliphatic rings. The van der Waals surface area contributed by atoms with Crippen molar-refractivity contribution in [3.63, 3.8) is 0 Å². The quantitative estimate of drug-likeness (QED) is 0.515. The first-order chi connectivity index (χ1) is 3.66. The molecule has 4 heteroatoms. The first-order valence-electron chi connectivity index (χ1n) is 2.29. The summed E-state index contributed by atoms with van der Waals surface area (Å²) in [5.74, 6) is -0.624. The van der Waals surface area contributed by atoms with Crippen LogP contribution in [0.2, 0.25) is 0 Å². The summed E-state index contributed by atoms with van der Waals surface area (Å²) >= 11 is 0. The molecule has 0 atom stereocenters. The van der Waals surface area contributed by atoms with Gasteiger partial charge in [-0.2, -0.15) is 0 Å². The summed E-state index contributed by atoms with van der Waals surface area (Å²) in [4.78, 5) is 20.2. The van der Waals surface area contributed by atoms with Gasteiger partial charge in [0.2, 0.25) is 0 Å². The predicted molar refractivity (Wildman–Crippen MR) is 27.4 cm³/mol. The number of hydrogen-bond donors (Lipinski definition) is 1. The monoisotopic (exact) mass is 219 g/mol. The van der Waals surface area contributed by atoms with Crippen molar-refractivity contribution in [3.05, 3.63) is 0 Å². The molecular weight excluding hydrogens is 211 g/mol. The van der Waals surface area contributed by atoms with Gasteiger partial charge in [-0.25, -0.2) is 0 Å². The van der Waals surface area contributed by atoms with E-state index in [1.165, 1.54) is 6.92 Å². The van der Waals surface area contributed by atoms with Crippen LogP contribution in [-0.2, 0) is 29.1 Å². The zero-order valence-electron chi connectivity index (χ0n) is 5.01. The Bertz CT molecular complexity index is 111. The van der Waals surface area contributed by atoms with E-state index < -0.39 is 12.4 Å². The fourth-order valence-electron chi connectivity index (χ4n) is 0.334. The second kappa shape index (κ2) is 6.05. The molecule has 0 spiro atoms. The van der Waals surface area contributed by atoms with Crippen LogP contribution >= 0.6 is 0 Å². The van der Waals surface area contributed by atoms with E-state index in [1.807, 2.05) is 0 Å². The Balaban J connectivity index is 0. The molecule has 55 valence electrons. The van der Waals surface area contributed by atoms with E-state index in [2.05, 4.69) is 0 Å². The Hall–Kier alpha value is -0.0766. The third kappa shape index (κ3) is 7.92. The van der Waals surface area contributed by atoms with E-state index in [0.717, 1.165) is 0 Å². The largest absolute Gasteiger partial charge is 0.389 e.